The van der Waals surface area contributed by atoms with Crippen LogP contribution < -0.4 is 10.2 Å². The minimum absolute atomic E-state index is 0.0416. The molecule has 1 aromatic rings. The van der Waals surface area contributed by atoms with Crippen molar-refractivity contribution in [2.75, 3.05) is 11.4 Å². The van der Waals surface area contributed by atoms with Gasteiger partial charge in [0.1, 0.15) is 11.9 Å². The predicted octanol–water partition coefficient (Wildman–Crippen LogP) is 2.37. The van der Waals surface area contributed by atoms with Crippen LogP contribution in [0.4, 0.5) is 10.1 Å². The molecule has 1 N–H and O–H groups in total. The Hall–Kier alpha value is -1.33. The number of rotatable bonds is 1. The maximum Gasteiger partial charge on any atom is 0.249 e. The van der Waals surface area contributed by atoms with Gasteiger partial charge >= 0.3 is 0 Å². The second kappa shape index (κ2) is 5.35. The number of nitrogens with one attached hydrogen (secondary N) is 1. The Kier molecular flexibility index (Phi) is 3.96. The topological polar surface area (TPSA) is 49.4 Å². The van der Waals surface area contributed by atoms with Crippen molar-refractivity contribution in [2.24, 2.45) is 0 Å². The van der Waals surface area contributed by atoms with Crippen LogP contribution in [0.15, 0.2) is 12.1 Å². The first-order valence-electron chi connectivity index (χ1n) is 5.65. The summed E-state index contributed by atoms with van der Waals surface area (Å²) in [4.78, 5) is 24.9. The number of benzene rings is 1. The summed E-state index contributed by atoms with van der Waals surface area (Å²) in [6, 6.07) is 1.49. The van der Waals surface area contributed by atoms with E-state index in [9.17, 15) is 14.0 Å². The van der Waals surface area contributed by atoms with Gasteiger partial charge in [0, 0.05) is 13.0 Å². The molecule has 0 spiro atoms. The van der Waals surface area contributed by atoms with Crippen molar-refractivity contribution >= 4 is 40.7 Å². The van der Waals surface area contributed by atoms with E-state index in [0.29, 0.717) is 0 Å². The second-order valence-electron chi connectivity index (χ2n) is 4.25. The van der Waals surface area contributed by atoms with E-state index in [-0.39, 0.29) is 40.5 Å². The molecular weight excluding hydrogens is 294 g/mol. The Morgan fingerprint density at radius 3 is 2.47 bits per heavy atom. The van der Waals surface area contributed by atoms with E-state index in [2.05, 4.69) is 5.32 Å². The summed E-state index contributed by atoms with van der Waals surface area (Å²) < 4.78 is 13.2. The maximum absolute atomic E-state index is 13.2. The Bertz CT molecular complexity index is 528. The zero-order valence-corrected chi connectivity index (χ0v) is 11.6. The molecule has 102 valence electrons. The lowest BCUT2D eigenvalue weighted by molar-refractivity contribution is -0.125. The molecule has 0 aromatic heterocycles. The second-order valence-corrected chi connectivity index (χ2v) is 5.06. The van der Waals surface area contributed by atoms with Crippen molar-refractivity contribution in [2.45, 2.75) is 19.4 Å². The molecule has 1 unspecified atom stereocenters. The summed E-state index contributed by atoms with van der Waals surface area (Å²) in [7, 11) is 0. The predicted molar refractivity (Wildman–Crippen MR) is 71.0 cm³/mol. The van der Waals surface area contributed by atoms with Gasteiger partial charge in [-0.1, -0.05) is 23.2 Å². The lowest BCUT2D eigenvalue weighted by Gasteiger charge is -2.24. The van der Waals surface area contributed by atoms with E-state index in [1.54, 1.807) is 6.92 Å². The highest BCUT2D eigenvalue weighted by Crippen LogP contribution is 2.35. The monoisotopic (exact) mass is 304 g/mol. The van der Waals surface area contributed by atoms with Gasteiger partial charge in [0.05, 0.1) is 15.7 Å². The lowest BCUT2D eigenvalue weighted by Crippen LogP contribution is -2.43. The summed E-state index contributed by atoms with van der Waals surface area (Å²) in [5.74, 6) is -1.14. The molecule has 2 rings (SSSR count). The number of hydrogen-bond donors (Lipinski definition) is 1. The molecule has 1 heterocycles. The van der Waals surface area contributed by atoms with Gasteiger partial charge in [0.15, 0.2) is 0 Å². The third kappa shape index (κ3) is 2.82. The average molecular weight is 305 g/mol. The first kappa shape index (κ1) is 14.1. The molecule has 1 aliphatic heterocycles. The minimum Gasteiger partial charge on any atom is -0.345 e. The SMILES string of the molecule is CC1NC(=O)CCN(c2c(Cl)cc(F)cc2Cl)C1=O. The first-order valence-corrected chi connectivity index (χ1v) is 6.41. The van der Waals surface area contributed by atoms with Crippen LogP contribution in [0.2, 0.25) is 10.0 Å². The highest BCUT2D eigenvalue weighted by molar-refractivity contribution is 6.40. The number of halogens is 3. The van der Waals surface area contributed by atoms with E-state index in [4.69, 9.17) is 23.2 Å². The number of hydrogen-bond acceptors (Lipinski definition) is 2. The van der Waals surface area contributed by atoms with Crippen LogP contribution in [0.3, 0.4) is 0 Å². The average Bonchev–Trinajstić information content (AvgIpc) is 2.41. The standard InChI is InChI=1S/C12H11Cl2FN2O2/c1-6-12(19)17(3-2-10(18)16-6)11-8(13)4-7(15)5-9(11)14/h4-6H,2-3H2,1H3,(H,16,18). The van der Waals surface area contributed by atoms with Gasteiger partial charge in [-0.3, -0.25) is 9.59 Å². The van der Waals surface area contributed by atoms with Gasteiger partial charge in [-0.2, -0.15) is 0 Å². The van der Waals surface area contributed by atoms with Gasteiger partial charge in [0.2, 0.25) is 11.8 Å². The van der Waals surface area contributed by atoms with Gasteiger partial charge in [-0.05, 0) is 19.1 Å². The zero-order valence-electron chi connectivity index (χ0n) is 10.0. The highest BCUT2D eigenvalue weighted by Gasteiger charge is 2.30. The van der Waals surface area contributed by atoms with Crippen molar-refractivity contribution in [1.82, 2.24) is 5.32 Å². The molecule has 4 nitrogen and oxygen atoms in total. The van der Waals surface area contributed by atoms with Crippen LogP contribution in [0.25, 0.3) is 0 Å². The number of nitrogens with zero attached hydrogens (tertiary/aromatic N) is 1. The van der Waals surface area contributed by atoms with Crippen molar-refractivity contribution in [1.29, 1.82) is 0 Å². The number of amides is 2. The fourth-order valence-corrected chi connectivity index (χ4v) is 2.61. The van der Waals surface area contributed by atoms with Gasteiger partial charge < -0.3 is 10.2 Å². The van der Waals surface area contributed by atoms with Crippen LogP contribution in [0.1, 0.15) is 13.3 Å². The molecule has 1 atom stereocenters. The molecule has 0 saturated carbocycles. The fourth-order valence-electron chi connectivity index (χ4n) is 1.95. The molecule has 0 bridgehead atoms. The first-order chi connectivity index (χ1) is 8.90. The fraction of sp³-hybridized carbons (Fsp3) is 0.333. The third-order valence-electron chi connectivity index (χ3n) is 2.83. The van der Waals surface area contributed by atoms with Gasteiger partial charge in [0.25, 0.3) is 0 Å². The van der Waals surface area contributed by atoms with E-state index < -0.39 is 11.9 Å². The van der Waals surface area contributed by atoms with Crippen molar-refractivity contribution in [3.05, 3.63) is 28.0 Å². The van der Waals surface area contributed by atoms with Crippen LogP contribution >= 0.6 is 23.2 Å². The molecule has 0 aliphatic carbocycles. The van der Waals surface area contributed by atoms with E-state index >= 15 is 0 Å². The quantitative estimate of drug-likeness (QED) is 0.866. The molecule has 0 radical (unpaired) electrons. The number of carbonyl (C=O) groups is 2. The summed E-state index contributed by atoms with van der Waals surface area (Å²) in [5, 5.41) is 2.63. The molecule has 1 aromatic carbocycles. The van der Waals surface area contributed by atoms with Gasteiger partial charge in [-0.25, -0.2) is 4.39 Å². The lowest BCUT2D eigenvalue weighted by atomic mass is 10.2. The molecule has 1 aliphatic rings. The summed E-state index contributed by atoms with van der Waals surface area (Å²) in [6.07, 6.45) is 0.139. The molecular formula is C12H11Cl2FN2O2. The third-order valence-corrected chi connectivity index (χ3v) is 3.40. The maximum atomic E-state index is 13.2. The van der Waals surface area contributed by atoms with E-state index in [1.165, 1.54) is 4.90 Å². The molecule has 19 heavy (non-hydrogen) atoms. The Balaban J connectivity index is 2.45. The molecule has 7 heteroatoms. The van der Waals surface area contributed by atoms with Crippen LogP contribution in [0, 0.1) is 5.82 Å². The van der Waals surface area contributed by atoms with Crippen LogP contribution in [-0.4, -0.2) is 24.4 Å². The number of anilines is 1. The Morgan fingerprint density at radius 2 is 1.89 bits per heavy atom. The van der Waals surface area contributed by atoms with Crippen molar-refractivity contribution < 1.29 is 14.0 Å². The van der Waals surface area contributed by atoms with Crippen molar-refractivity contribution in [3.8, 4) is 0 Å². The van der Waals surface area contributed by atoms with Crippen LogP contribution in [0.5, 0.6) is 0 Å². The Labute approximate surface area is 119 Å². The number of carbonyl (C=O) groups excluding carboxylic acids is 2. The van der Waals surface area contributed by atoms with Crippen molar-refractivity contribution in [3.63, 3.8) is 0 Å². The van der Waals surface area contributed by atoms with Crippen LogP contribution in [-0.2, 0) is 9.59 Å². The zero-order chi connectivity index (χ0) is 14.2. The molecule has 2 amide bonds. The summed E-state index contributed by atoms with van der Waals surface area (Å²) in [6.45, 7) is 1.73. The minimum atomic E-state index is -0.674. The van der Waals surface area contributed by atoms with E-state index in [1.807, 2.05) is 0 Å². The highest BCUT2D eigenvalue weighted by atomic mass is 35.5. The smallest absolute Gasteiger partial charge is 0.249 e. The molecule has 1 fully saturated rings. The Morgan fingerprint density at radius 1 is 1.32 bits per heavy atom. The van der Waals surface area contributed by atoms with Gasteiger partial charge in [-0.15, -0.1) is 0 Å². The summed E-state index contributed by atoms with van der Waals surface area (Å²) >= 11 is 11.9. The summed E-state index contributed by atoms with van der Waals surface area (Å²) in [5.41, 5.74) is 0.234. The molecule has 1 saturated heterocycles. The van der Waals surface area contributed by atoms with E-state index in [0.717, 1.165) is 12.1 Å². The largest absolute Gasteiger partial charge is 0.345 e. The normalized spacial score (nSPS) is 20.2.